The number of methoxy groups -OCH3 is 1. The van der Waals surface area contributed by atoms with Gasteiger partial charge in [-0.05, 0) is 44.2 Å². The zero-order valence-electron chi connectivity index (χ0n) is 22.2. The Hall–Kier alpha value is -3.40. The second-order valence-corrected chi connectivity index (χ2v) is 10.5. The van der Waals surface area contributed by atoms with Crippen LogP contribution in [0.5, 0.6) is 5.75 Å². The molecule has 0 atom stereocenters. The van der Waals surface area contributed by atoms with E-state index in [1.165, 1.54) is 0 Å². The summed E-state index contributed by atoms with van der Waals surface area (Å²) in [6.07, 6.45) is 4.14. The van der Waals surface area contributed by atoms with Crippen LogP contribution in [0.4, 0.5) is 11.5 Å². The predicted octanol–water partition coefficient (Wildman–Crippen LogP) is 4.60. The first kappa shape index (κ1) is 28.6. The summed E-state index contributed by atoms with van der Waals surface area (Å²) in [5.41, 5.74) is 9.65. The molecule has 2 aliphatic heterocycles. The van der Waals surface area contributed by atoms with Crippen molar-refractivity contribution in [2.45, 2.75) is 20.5 Å². The molecule has 9 nitrogen and oxygen atoms in total. The van der Waals surface area contributed by atoms with Crippen molar-refractivity contribution in [3.8, 4) is 5.75 Å². The Labute approximate surface area is 238 Å². The van der Waals surface area contributed by atoms with Crippen molar-refractivity contribution in [2.75, 3.05) is 50.5 Å². The maximum absolute atomic E-state index is 10.8. The summed E-state index contributed by atoms with van der Waals surface area (Å²) in [7, 11) is 1.68. The van der Waals surface area contributed by atoms with Gasteiger partial charge in [0.15, 0.2) is 0 Å². The molecule has 2 saturated heterocycles. The summed E-state index contributed by atoms with van der Waals surface area (Å²) in [5.74, 6) is 1.41. The number of benzene rings is 1. The van der Waals surface area contributed by atoms with Gasteiger partial charge in [0.2, 0.25) is 6.41 Å². The average Bonchev–Trinajstić information content (AvgIpc) is 2.90. The highest BCUT2D eigenvalue weighted by Gasteiger charge is 2.51. The van der Waals surface area contributed by atoms with E-state index in [2.05, 4.69) is 19.6 Å². The minimum absolute atomic E-state index is 0.163. The predicted molar refractivity (Wildman–Crippen MR) is 154 cm³/mol. The van der Waals surface area contributed by atoms with Crippen LogP contribution in [0.25, 0.3) is 0 Å². The maximum atomic E-state index is 10.8. The number of nitrogens with two attached hydrogens (primary N) is 1. The molecule has 2 fully saturated rings. The van der Waals surface area contributed by atoms with Crippen LogP contribution in [-0.2, 0) is 16.1 Å². The summed E-state index contributed by atoms with van der Waals surface area (Å²) < 4.78 is 10.5. The van der Waals surface area contributed by atoms with Crippen LogP contribution in [-0.4, -0.2) is 66.9 Å². The number of nitrogen functional groups attached to an aromatic ring is 1. The number of aromatic nitrogens is 2. The van der Waals surface area contributed by atoms with Crippen molar-refractivity contribution in [3.05, 3.63) is 75.2 Å². The molecule has 206 valence electrons. The molecular weight excluding hydrogens is 539 g/mol. The Morgan fingerprint density at radius 3 is 2.49 bits per heavy atom. The number of nitrogens with zero attached hydrogens (tertiary/aromatic N) is 4. The molecule has 0 radical (unpaired) electrons. The number of aryl methyl sites for hydroxylation is 1. The third-order valence-corrected chi connectivity index (χ3v) is 7.67. The molecule has 11 heteroatoms. The number of nitrogens with one attached hydrogen (secondary N) is 1. The van der Waals surface area contributed by atoms with Gasteiger partial charge >= 0.3 is 0 Å². The first-order chi connectivity index (χ1) is 18.7. The van der Waals surface area contributed by atoms with Crippen LogP contribution in [0, 0.1) is 17.7 Å². The fraction of sp³-hybridized carbons (Fsp3) is 0.357. The van der Waals surface area contributed by atoms with Crippen molar-refractivity contribution in [1.29, 1.82) is 5.41 Å². The van der Waals surface area contributed by atoms with E-state index in [0.29, 0.717) is 43.9 Å². The number of anilines is 2. The molecule has 5 rings (SSSR count). The number of amides is 1. The maximum Gasteiger partial charge on any atom is 0.209 e. The number of rotatable bonds is 8. The summed E-state index contributed by atoms with van der Waals surface area (Å²) in [5, 5.41) is 9.61. The van der Waals surface area contributed by atoms with E-state index in [-0.39, 0.29) is 17.7 Å². The van der Waals surface area contributed by atoms with Crippen LogP contribution in [0.2, 0.25) is 10.0 Å². The lowest BCUT2D eigenvalue weighted by Crippen LogP contribution is -2.72. The molecule has 2 aromatic heterocycles. The summed E-state index contributed by atoms with van der Waals surface area (Å²) in [6.45, 7) is 8.14. The second-order valence-electron chi connectivity index (χ2n) is 9.75. The van der Waals surface area contributed by atoms with Crippen molar-refractivity contribution in [2.24, 2.45) is 5.41 Å². The topological polar surface area (TPSA) is 118 Å². The smallest absolute Gasteiger partial charge is 0.209 e. The van der Waals surface area contributed by atoms with Gasteiger partial charge in [-0.25, -0.2) is 4.98 Å². The molecule has 1 spiro atoms. The van der Waals surface area contributed by atoms with Crippen molar-refractivity contribution in [1.82, 2.24) is 14.9 Å². The largest absolute Gasteiger partial charge is 0.489 e. The van der Waals surface area contributed by atoms with E-state index in [9.17, 15) is 4.79 Å². The Morgan fingerprint density at radius 1 is 1.15 bits per heavy atom. The lowest BCUT2D eigenvalue weighted by molar-refractivity contribution is -0.131. The molecule has 1 aromatic carbocycles. The highest BCUT2D eigenvalue weighted by molar-refractivity contribution is 6.36. The Kier molecular flexibility index (Phi) is 8.94. The third-order valence-electron chi connectivity index (χ3n) is 6.85. The number of pyridine rings is 2. The molecule has 1 amide bonds. The number of halogens is 2. The quantitative estimate of drug-likeness (QED) is 0.231. The standard InChI is InChI=1S/C25H24Cl2N6O2.C3H8O/c1-15-23(27)19(20(26)8-30-15)9-35-17-3-4-21(28)18(6-17)24(29)16-2-5-22(31-7-16)33-12-25(13-33)10-32(11-25)14-34;1-3-4-2/h2-8,14,29H,9-13,28H2,1H3;3H2,1-2H3. The molecule has 4 heterocycles. The van der Waals surface area contributed by atoms with Gasteiger partial charge in [0.25, 0.3) is 0 Å². The van der Waals surface area contributed by atoms with Crippen LogP contribution in [0.15, 0.2) is 42.7 Å². The Balaban J connectivity index is 0.000000826. The molecule has 0 unspecified atom stereocenters. The van der Waals surface area contributed by atoms with E-state index in [1.807, 2.05) is 19.1 Å². The highest BCUT2D eigenvalue weighted by atomic mass is 35.5. The van der Waals surface area contributed by atoms with Gasteiger partial charge in [0, 0.05) is 80.1 Å². The minimum Gasteiger partial charge on any atom is -0.489 e. The first-order valence-corrected chi connectivity index (χ1v) is 13.3. The fourth-order valence-electron chi connectivity index (χ4n) is 4.63. The molecule has 0 bridgehead atoms. The van der Waals surface area contributed by atoms with Crippen molar-refractivity contribution >= 4 is 46.8 Å². The van der Waals surface area contributed by atoms with E-state index in [4.69, 9.17) is 39.1 Å². The summed E-state index contributed by atoms with van der Waals surface area (Å²) in [6, 6.07) is 8.98. The van der Waals surface area contributed by atoms with E-state index >= 15 is 0 Å². The monoisotopic (exact) mass is 570 g/mol. The van der Waals surface area contributed by atoms with Crippen LogP contribution < -0.4 is 15.4 Å². The van der Waals surface area contributed by atoms with Crippen LogP contribution in [0.1, 0.15) is 29.3 Å². The second kappa shape index (κ2) is 12.2. The molecule has 0 aliphatic carbocycles. The Bertz CT molecular complexity index is 1340. The zero-order chi connectivity index (χ0) is 28.2. The van der Waals surface area contributed by atoms with Gasteiger partial charge in [0.1, 0.15) is 18.2 Å². The molecule has 2 aliphatic rings. The first-order valence-electron chi connectivity index (χ1n) is 12.5. The number of ether oxygens (including phenoxy) is 2. The molecule has 39 heavy (non-hydrogen) atoms. The van der Waals surface area contributed by atoms with E-state index in [0.717, 1.165) is 45.0 Å². The van der Waals surface area contributed by atoms with E-state index in [1.54, 1.807) is 49.5 Å². The fourth-order valence-corrected chi connectivity index (χ4v) is 5.08. The van der Waals surface area contributed by atoms with E-state index < -0.39 is 0 Å². The van der Waals surface area contributed by atoms with Gasteiger partial charge in [0.05, 0.1) is 21.5 Å². The number of likely N-dealkylation sites (tertiary alicyclic amines) is 1. The molecule has 3 aromatic rings. The van der Waals surface area contributed by atoms with Gasteiger partial charge in [-0.2, -0.15) is 0 Å². The third kappa shape index (κ3) is 6.27. The van der Waals surface area contributed by atoms with Crippen LogP contribution in [0.3, 0.4) is 0 Å². The Morgan fingerprint density at radius 2 is 1.87 bits per heavy atom. The van der Waals surface area contributed by atoms with Gasteiger partial charge in [-0.3, -0.25) is 15.2 Å². The summed E-state index contributed by atoms with van der Waals surface area (Å²) >= 11 is 12.6. The lowest BCUT2D eigenvalue weighted by atomic mass is 9.73. The number of hydrogen-bond donors (Lipinski definition) is 2. The molecule has 0 saturated carbocycles. The molecule has 3 N–H and O–H groups in total. The average molecular weight is 572 g/mol. The lowest BCUT2D eigenvalue weighted by Gasteiger charge is -2.59. The number of carbonyl (C=O) groups is 1. The minimum atomic E-state index is 0.163. The van der Waals surface area contributed by atoms with Crippen LogP contribution >= 0.6 is 23.2 Å². The van der Waals surface area contributed by atoms with Gasteiger partial charge in [-0.1, -0.05) is 23.2 Å². The normalized spacial score (nSPS) is 15.1. The number of carbonyl (C=O) groups excluding carboxylic acids is 1. The zero-order valence-corrected chi connectivity index (χ0v) is 23.7. The highest BCUT2D eigenvalue weighted by Crippen LogP contribution is 2.40. The summed E-state index contributed by atoms with van der Waals surface area (Å²) in [4.78, 5) is 23.5. The molecular formula is C28H32Cl2N6O3. The van der Waals surface area contributed by atoms with Crippen molar-refractivity contribution < 1.29 is 14.3 Å². The SMILES string of the molecule is CCOC.Cc1ncc(Cl)c(COc2ccc(N)c(C(=N)c3ccc(N4CC5(CN(C=O)C5)C4)nc3)c2)c1Cl. The van der Waals surface area contributed by atoms with Gasteiger partial charge < -0.3 is 25.0 Å². The number of hydrogen-bond acceptors (Lipinski definition) is 8. The van der Waals surface area contributed by atoms with Gasteiger partial charge in [-0.15, -0.1) is 0 Å². The van der Waals surface area contributed by atoms with Crippen molar-refractivity contribution in [3.63, 3.8) is 0 Å².